The van der Waals surface area contributed by atoms with Gasteiger partial charge in [0.15, 0.2) is 0 Å². The van der Waals surface area contributed by atoms with Crippen molar-refractivity contribution >= 4 is 34.3 Å². The SMILES string of the molecule is Cc1ccc(NC(=O)C(C)Sc2nc(CN3CCOCC3)nc3ccccc23)cc1. The Morgan fingerprint density at radius 3 is 2.63 bits per heavy atom. The van der Waals surface area contributed by atoms with Crippen LogP contribution in [-0.4, -0.2) is 52.3 Å². The number of rotatable bonds is 6. The third kappa shape index (κ3) is 5.16. The second kappa shape index (κ2) is 9.55. The van der Waals surface area contributed by atoms with E-state index < -0.39 is 0 Å². The Morgan fingerprint density at radius 1 is 1.13 bits per heavy atom. The number of morpholine rings is 1. The molecule has 1 aromatic heterocycles. The van der Waals surface area contributed by atoms with E-state index in [4.69, 9.17) is 14.7 Å². The van der Waals surface area contributed by atoms with Crippen molar-refractivity contribution < 1.29 is 9.53 Å². The molecule has 1 fully saturated rings. The van der Waals surface area contributed by atoms with E-state index >= 15 is 0 Å². The van der Waals surface area contributed by atoms with E-state index in [0.717, 1.165) is 59.3 Å². The lowest BCUT2D eigenvalue weighted by Gasteiger charge is -2.26. The molecule has 0 aliphatic carbocycles. The molecule has 2 aromatic carbocycles. The second-order valence-electron chi connectivity index (χ2n) is 7.47. The number of carbonyl (C=O) groups is 1. The van der Waals surface area contributed by atoms with Crippen molar-refractivity contribution in [3.63, 3.8) is 0 Å². The van der Waals surface area contributed by atoms with Gasteiger partial charge in [-0.3, -0.25) is 9.69 Å². The summed E-state index contributed by atoms with van der Waals surface area (Å²) in [5.41, 5.74) is 2.87. The van der Waals surface area contributed by atoms with Gasteiger partial charge in [0, 0.05) is 24.2 Å². The van der Waals surface area contributed by atoms with Gasteiger partial charge < -0.3 is 10.1 Å². The van der Waals surface area contributed by atoms with E-state index in [0.29, 0.717) is 6.54 Å². The van der Waals surface area contributed by atoms with Crippen molar-refractivity contribution in [1.29, 1.82) is 0 Å². The van der Waals surface area contributed by atoms with Crippen molar-refractivity contribution in [1.82, 2.24) is 14.9 Å². The summed E-state index contributed by atoms with van der Waals surface area (Å²) < 4.78 is 5.43. The highest BCUT2D eigenvalue weighted by molar-refractivity contribution is 8.00. The number of anilines is 1. The number of thioether (sulfide) groups is 1. The molecule has 1 amide bonds. The lowest BCUT2D eigenvalue weighted by molar-refractivity contribution is -0.115. The van der Waals surface area contributed by atoms with Crippen LogP contribution in [0.15, 0.2) is 53.6 Å². The van der Waals surface area contributed by atoms with E-state index in [2.05, 4.69) is 10.2 Å². The molecule has 30 heavy (non-hydrogen) atoms. The Kier molecular flexibility index (Phi) is 6.62. The van der Waals surface area contributed by atoms with Gasteiger partial charge in [0.25, 0.3) is 0 Å². The Labute approximate surface area is 181 Å². The van der Waals surface area contributed by atoms with Gasteiger partial charge in [-0.25, -0.2) is 9.97 Å². The third-order valence-corrected chi connectivity index (χ3v) is 6.16. The van der Waals surface area contributed by atoms with Crippen LogP contribution in [0.3, 0.4) is 0 Å². The first-order valence-corrected chi connectivity index (χ1v) is 11.1. The number of fused-ring (bicyclic) bond motifs is 1. The summed E-state index contributed by atoms with van der Waals surface area (Å²) >= 11 is 1.47. The van der Waals surface area contributed by atoms with Gasteiger partial charge in [0.1, 0.15) is 10.9 Å². The van der Waals surface area contributed by atoms with Gasteiger partial charge in [-0.1, -0.05) is 47.7 Å². The fourth-order valence-corrected chi connectivity index (χ4v) is 4.27. The molecule has 0 saturated carbocycles. The van der Waals surface area contributed by atoms with Gasteiger partial charge >= 0.3 is 0 Å². The zero-order valence-corrected chi connectivity index (χ0v) is 18.1. The van der Waals surface area contributed by atoms with E-state index in [1.165, 1.54) is 11.8 Å². The van der Waals surface area contributed by atoms with Crippen LogP contribution in [0.5, 0.6) is 0 Å². The maximum Gasteiger partial charge on any atom is 0.237 e. The van der Waals surface area contributed by atoms with Crippen LogP contribution in [0.2, 0.25) is 0 Å². The average molecular weight is 423 g/mol. The number of hydrogen-bond donors (Lipinski definition) is 1. The minimum atomic E-state index is -0.291. The lowest BCUT2D eigenvalue weighted by Crippen LogP contribution is -2.36. The first kappa shape index (κ1) is 20.8. The predicted octanol–water partition coefficient (Wildman–Crippen LogP) is 3.89. The number of nitrogens with one attached hydrogen (secondary N) is 1. The summed E-state index contributed by atoms with van der Waals surface area (Å²) in [6, 6.07) is 15.8. The molecule has 4 rings (SSSR count). The van der Waals surface area contributed by atoms with Crippen molar-refractivity contribution in [3.8, 4) is 0 Å². The summed E-state index contributed by atoms with van der Waals surface area (Å²) in [5, 5.41) is 4.52. The Bertz CT molecular complexity index is 1020. The topological polar surface area (TPSA) is 67.4 Å². The molecule has 0 bridgehead atoms. The molecule has 0 spiro atoms. The molecule has 1 aliphatic heterocycles. The Balaban J connectivity index is 1.52. The van der Waals surface area contributed by atoms with Crippen LogP contribution in [0.4, 0.5) is 5.69 Å². The predicted molar refractivity (Wildman–Crippen MR) is 121 cm³/mol. The zero-order chi connectivity index (χ0) is 20.9. The average Bonchev–Trinajstić information content (AvgIpc) is 2.76. The third-order valence-electron chi connectivity index (χ3n) is 5.06. The van der Waals surface area contributed by atoms with Crippen molar-refractivity contribution in [2.24, 2.45) is 0 Å². The standard InChI is InChI=1S/C23H26N4O2S/c1-16-7-9-18(10-8-16)24-22(28)17(2)30-23-19-5-3-4-6-20(19)25-21(26-23)15-27-11-13-29-14-12-27/h3-10,17H,11-15H2,1-2H3,(H,24,28). The highest BCUT2D eigenvalue weighted by Gasteiger charge is 2.19. The van der Waals surface area contributed by atoms with Gasteiger partial charge in [0.05, 0.1) is 30.5 Å². The summed E-state index contributed by atoms with van der Waals surface area (Å²) in [7, 11) is 0. The summed E-state index contributed by atoms with van der Waals surface area (Å²) in [4.78, 5) is 24.6. The van der Waals surface area contributed by atoms with Crippen LogP contribution >= 0.6 is 11.8 Å². The molecule has 156 valence electrons. The van der Waals surface area contributed by atoms with E-state index in [-0.39, 0.29) is 11.2 Å². The molecule has 3 aromatic rings. The lowest BCUT2D eigenvalue weighted by atomic mass is 10.2. The van der Waals surface area contributed by atoms with E-state index in [9.17, 15) is 4.79 Å². The number of ether oxygens (including phenoxy) is 1. The van der Waals surface area contributed by atoms with E-state index in [1.54, 1.807) is 0 Å². The molecular weight excluding hydrogens is 396 g/mol. The molecule has 1 atom stereocenters. The number of nitrogens with zero attached hydrogens (tertiary/aromatic N) is 3. The summed E-state index contributed by atoms with van der Waals surface area (Å²) in [6.45, 7) is 7.87. The molecular formula is C23H26N4O2S. The molecule has 1 N–H and O–H groups in total. The van der Waals surface area contributed by atoms with E-state index in [1.807, 2.05) is 62.4 Å². The number of amides is 1. The maximum atomic E-state index is 12.7. The Hall–Kier alpha value is -2.48. The quantitative estimate of drug-likeness (QED) is 0.480. The fourth-order valence-electron chi connectivity index (χ4n) is 3.32. The van der Waals surface area contributed by atoms with Gasteiger partial charge in [-0.2, -0.15) is 0 Å². The van der Waals surface area contributed by atoms with Crippen LogP contribution in [0.1, 0.15) is 18.3 Å². The number of para-hydroxylation sites is 1. The number of carbonyl (C=O) groups excluding carboxylic acids is 1. The fraction of sp³-hybridized carbons (Fsp3) is 0.348. The van der Waals surface area contributed by atoms with Crippen LogP contribution < -0.4 is 5.32 Å². The first-order chi connectivity index (χ1) is 14.6. The zero-order valence-electron chi connectivity index (χ0n) is 17.3. The molecule has 6 nitrogen and oxygen atoms in total. The summed E-state index contributed by atoms with van der Waals surface area (Å²) in [5.74, 6) is 0.741. The number of benzene rings is 2. The van der Waals surface area contributed by atoms with Gasteiger partial charge in [0.2, 0.25) is 5.91 Å². The summed E-state index contributed by atoms with van der Waals surface area (Å²) in [6.07, 6.45) is 0. The smallest absolute Gasteiger partial charge is 0.237 e. The maximum absolute atomic E-state index is 12.7. The van der Waals surface area contributed by atoms with Crippen molar-refractivity contribution in [3.05, 3.63) is 59.9 Å². The van der Waals surface area contributed by atoms with Crippen LogP contribution in [0, 0.1) is 6.92 Å². The number of hydrogen-bond acceptors (Lipinski definition) is 6. The minimum Gasteiger partial charge on any atom is -0.379 e. The monoisotopic (exact) mass is 422 g/mol. The highest BCUT2D eigenvalue weighted by Crippen LogP contribution is 2.29. The molecule has 2 heterocycles. The first-order valence-electron chi connectivity index (χ1n) is 10.2. The number of aryl methyl sites for hydroxylation is 1. The molecule has 1 aliphatic rings. The Morgan fingerprint density at radius 2 is 1.87 bits per heavy atom. The second-order valence-corrected chi connectivity index (χ2v) is 8.80. The van der Waals surface area contributed by atoms with Crippen molar-refractivity contribution in [2.75, 3.05) is 31.6 Å². The van der Waals surface area contributed by atoms with Gasteiger partial charge in [-0.15, -0.1) is 0 Å². The largest absolute Gasteiger partial charge is 0.379 e. The van der Waals surface area contributed by atoms with Crippen molar-refractivity contribution in [2.45, 2.75) is 30.7 Å². The molecule has 0 radical (unpaired) electrons. The molecule has 1 saturated heterocycles. The highest BCUT2D eigenvalue weighted by atomic mass is 32.2. The van der Waals surface area contributed by atoms with Crippen LogP contribution in [-0.2, 0) is 16.1 Å². The minimum absolute atomic E-state index is 0.0405. The number of aromatic nitrogens is 2. The van der Waals surface area contributed by atoms with Crippen LogP contribution in [0.25, 0.3) is 10.9 Å². The molecule has 1 unspecified atom stereocenters. The molecule has 7 heteroatoms. The normalized spacial score (nSPS) is 15.8. The van der Waals surface area contributed by atoms with Gasteiger partial charge in [-0.05, 0) is 32.0 Å².